The monoisotopic (exact) mass is 205 g/mol. The van der Waals surface area contributed by atoms with Crippen molar-refractivity contribution in [3.63, 3.8) is 0 Å². The SMILES string of the molecule is CN(C)Cc1ccc(NC2CNC2)cc1. The van der Waals surface area contributed by atoms with Gasteiger partial charge in [-0.25, -0.2) is 0 Å². The fraction of sp³-hybridized carbons (Fsp3) is 0.500. The van der Waals surface area contributed by atoms with Crippen LogP contribution in [0.15, 0.2) is 24.3 Å². The molecule has 0 spiro atoms. The van der Waals surface area contributed by atoms with E-state index in [1.54, 1.807) is 0 Å². The number of nitrogens with one attached hydrogen (secondary N) is 2. The van der Waals surface area contributed by atoms with Gasteiger partial charge in [-0.2, -0.15) is 0 Å². The van der Waals surface area contributed by atoms with Gasteiger partial charge in [-0.3, -0.25) is 0 Å². The van der Waals surface area contributed by atoms with Crippen LogP contribution in [0.2, 0.25) is 0 Å². The van der Waals surface area contributed by atoms with Gasteiger partial charge in [0, 0.05) is 25.3 Å². The molecule has 0 aromatic heterocycles. The highest BCUT2D eigenvalue weighted by atomic mass is 15.1. The van der Waals surface area contributed by atoms with Crippen molar-refractivity contribution in [1.29, 1.82) is 0 Å². The molecule has 3 heteroatoms. The fourth-order valence-electron chi connectivity index (χ4n) is 1.70. The van der Waals surface area contributed by atoms with Crippen molar-refractivity contribution in [2.75, 3.05) is 32.5 Å². The van der Waals surface area contributed by atoms with Crippen LogP contribution in [0, 0.1) is 0 Å². The third kappa shape index (κ3) is 2.94. The Morgan fingerprint density at radius 3 is 2.40 bits per heavy atom. The number of rotatable bonds is 4. The highest BCUT2D eigenvalue weighted by Crippen LogP contribution is 2.12. The summed E-state index contributed by atoms with van der Waals surface area (Å²) < 4.78 is 0. The highest BCUT2D eigenvalue weighted by Gasteiger charge is 2.15. The quantitative estimate of drug-likeness (QED) is 0.771. The second-order valence-electron chi connectivity index (χ2n) is 4.43. The number of anilines is 1. The Balaban J connectivity index is 1.91. The molecule has 1 fully saturated rings. The summed E-state index contributed by atoms with van der Waals surface area (Å²) in [5, 5.41) is 6.73. The minimum atomic E-state index is 0.615. The van der Waals surface area contributed by atoms with Gasteiger partial charge in [0.25, 0.3) is 0 Å². The lowest BCUT2D eigenvalue weighted by atomic mass is 10.1. The Hall–Kier alpha value is -1.06. The van der Waals surface area contributed by atoms with E-state index in [0.29, 0.717) is 6.04 Å². The predicted octanol–water partition coefficient (Wildman–Crippen LogP) is 1.13. The predicted molar refractivity (Wildman–Crippen MR) is 64.1 cm³/mol. The van der Waals surface area contributed by atoms with E-state index >= 15 is 0 Å². The summed E-state index contributed by atoms with van der Waals surface area (Å²) in [6.45, 7) is 3.17. The maximum absolute atomic E-state index is 3.48. The van der Waals surface area contributed by atoms with E-state index in [1.165, 1.54) is 11.3 Å². The molecule has 1 aromatic rings. The minimum Gasteiger partial charge on any atom is -0.380 e. The van der Waals surface area contributed by atoms with Crippen LogP contribution in [0.4, 0.5) is 5.69 Å². The average Bonchev–Trinajstić information content (AvgIpc) is 2.13. The molecule has 1 heterocycles. The van der Waals surface area contributed by atoms with Crippen molar-refractivity contribution in [1.82, 2.24) is 10.2 Å². The molecule has 1 aliphatic heterocycles. The zero-order chi connectivity index (χ0) is 10.7. The van der Waals surface area contributed by atoms with Crippen LogP contribution in [-0.2, 0) is 6.54 Å². The third-order valence-corrected chi connectivity index (χ3v) is 2.61. The van der Waals surface area contributed by atoms with Gasteiger partial charge in [0.2, 0.25) is 0 Å². The molecule has 0 atom stereocenters. The second-order valence-corrected chi connectivity index (χ2v) is 4.43. The molecule has 2 rings (SSSR count). The summed E-state index contributed by atoms with van der Waals surface area (Å²) in [6, 6.07) is 9.32. The summed E-state index contributed by atoms with van der Waals surface area (Å²) in [5.41, 5.74) is 2.58. The highest BCUT2D eigenvalue weighted by molar-refractivity contribution is 5.46. The molecule has 0 saturated carbocycles. The van der Waals surface area contributed by atoms with Gasteiger partial charge >= 0.3 is 0 Å². The Bertz CT molecular complexity index is 301. The second kappa shape index (κ2) is 4.64. The molecule has 3 nitrogen and oxygen atoms in total. The molecule has 0 radical (unpaired) electrons. The summed E-state index contributed by atoms with van der Waals surface area (Å²) in [7, 11) is 4.18. The van der Waals surface area contributed by atoms with Crippen molar-refractivity contribution in [3.8, 4) is 0 Å². The lowest BCUT2D eigenvalue weighted by Gasteiger charge is -2.29. The van der Waals surface area contributed by atoms with Gasteiger partial charge in [-0.1, -0.05) is 12.1 Å². The normalized spacial score (nSPS) is 16.5. The molecule has 0 bridgehead atoms. The van der Waals surface area contributed by atoms with Crippen molar-refractivity contribution in [3.05, 3.63) is 29.8 Å². The zero-order valence-corrected chi connectivity index (χ0v) is 9.46. The first kappa shape index (κ1) is 10.5. The van der Waals surface area contributed by atoms with Crippen LogP contribution in [-0.4, -0.2) is 38.1 Å². The number of hydrogen-bond donors (Lipinski definition) is 2. The zero-order valence-electron chi connectivity index (χ0n) is 9.46. The third-order valence-electron chi connectivity index (χ3n) is 2.61. The molecule has 82 valence electrons. The molecule has 0 amide bonds. The maximum Gasteiger partial charge on any atom is 0.0510 e. The van der Waals surface area contributed by atoms with Gasteiger partial charge in [0.15, 0.2) is 0 Å². The van der Waals surface area contributed by atoms with Crippen LogP contribution in [0.1, 0.15) is 5.56 Å². The molecule has 1 aliphatic rings. The van der Waals surface area contributed by atoms with Crippen molar-refractivity contribution in [2.45, 2.75) is 12.6 Å². The van der Waals surface area contributed by atoms with Crippen LogP contribution < -0.4 is 10.6 Å². The molecule has 2 N–H and O–H groups in total. The van der Waals surface area contributed by atoms with E-state index in [2.05, 4.69) is 53.9 Å². The summed E-state index contributed by atoms with van der Waals surface area (Å²) in [4.78, 5) is 2.18. The van der Waals surface area contributed by atoms with Gasteiger partial charge in [0.05, 0.1) is 6.04 Å². The molecule has 0 unspecified atom stereocenters. The molecule has 15 heavy (non-hydrogen) atoms. The number of nitrogens with zero attached hydrogens (tertiary/aromatic N) is 1. The Kier molecular flexibility index (Phi) is 3.23. The summed E-state index contributed by atoms with van der Waals surface area (Å²) in [5.74, 6) is 0. The molecule has 1 saturated heterocycles. The fourth-order valence-corrected chi connectivity index (χ4v) is 1.70. The lowest BCUT2D eigenvalue weighted by molar-refractivity contribution is 0.402. The van der Waals surface area contributed by atoms with E-state index in [9.17, 15) is 0 Å². The molecule has 1 aromatic carbocycles. The van der Waals surface area contributed by atoms with Crippen molar-refractivity contribution in [2.24, 2.45) is 0 Å². The van der Waals surface area contributed by atoms with Crippen molar-refractivity contribution >= 4 is 5.69 Å². The Morgan fingerprint density at radius 1 is 1.27 bits per heavy atom. The number of benzene rings is 1. The summed E-state index contributed by atoms with van der Waals surface area (Å²) >= 11 is 0. The van der Waals surface area contributed by atoms with E-state index in [1.807, 2.05) is 0 Å². The van der Waals surface area contributed by atoms with E-state index in [0.717, 1.165) is 19.6 Å². The Labute approximate surface area is 91.5 Å². The van der Waals surface area contributed by atoms with Gasteiger partial charge < -0.3 is 15.5 Å². The first-order chi connectivity index (χ1) is 7.24. The maximum atomic E-state index is 3.48. The molecular formula is C12H19N3. The lowest BCUT2D eigenvalue weighted by Crippen LogP contribution is -2.51. The Morgan fingerprint density at radius 2 is 1.93 bits per heavy atom. The first-order valence-corrected chi connectivity index (χ1v) is 5.45. The van der Waals surface area contributed by atoms with Gasteiger partial charge in [-0.15, -0.1) is 0 Å². The van der Waals surface area contributed by atoms with E-state index < -0.39 is 0 Å². The van der Waals surface area contributed by atoms with E-state index in [4.69, 9.17) is 0 Å². The van der Waals surface area contributed by atoms with Gasteiger partial charge in [-0.05, 0) is 31.8 Å². The van der Waals surface area contributed by atoms with Crippen LogP contribution in [0.5, 0.6) is 0 Å². The van der Waals surface area contributed by atoms with Crippen LogP contribution in [0.25, 0.3) is 0 Å². The smallest absolute Gasteiger partial charge is 0.0510 e. The first-order valence-electron chi connectivity index (χ1n) is 5.45. The van der Waals surface area contributed by atoms with E-state index in [-0.39, 0.29) is 0 Å². The minimum absolute atomic E-state index is 0.615. The van der Waals surface area contributed by atoms with Crippen molar-refractivity contribution < 1.29 is 0 Å². The topological polar surface area (TPSA) is 27.3 Å². The van der Waals surface area contributed by atoms with Gasteiger partial charge in [0.1, 0.15) is 0 Å². The largest absolute Gasteiger partial charge is 0.380 e. The number of hydrogen-bond acceptors (Lipinski definition) is 3. The van der Waals surface area contributed by atoms with Crippen LogP contribution >= 0.6 is 0 Å². The summed E-state index contributed by atoms with van der Waals surface area (Å²) in [6.07, 6.45) is 0. The molecule has 0 aliphatic carbocycles. The molecular weight excluding hydrogens is 186 g/mol. The standard InChI is InChI=1S/C12H19N3/c1-15(2)9-10-3-5-11(6-4-10)14-12-7-13-8-12/h3-6,12-14H,7-9H2,1-2H3. The van der Waals surface area contributed by atoms with Crippen LogP contribution in [0.3, 0.4) is 0 Å². The average molecular weight is 205 g/mol.